The van der Waals surface area contributed by atoms with Crippen LogP contribution in [0, 0.1) is 0 Å². The number of para-hydroxylation sites is 2. The number of hydrogen-bond acceptors (Lipinski definition) is 3. The largest absolute Gasteiger partial charge is 0.495 e. The zero-order valence-corrected chi connectivity index (χ0v) is 12.1. The van der Waals surface area contributed by atoms with E-state index in [2.05, 4.69) is 28.9 Å². The summed E-state index contributed by atoms with van der Waals surface area (Å²) in [6.45, 7) is 7.98. The van der Waals surface area contributed by atoms with E-state index in [-0.39, 0.29) is 12.4 Å². The minimum absolute atomic E-state index is 0. The molecule has 1 aliphatic rings. The Labute approximate surface area is 116 Å². The monoisotopic (exact) mass is 270 g/mol. The van der Waals surface area contributed by atoms with E-state index in [0.717, 1.165) is 31.9 Å². The topological polar surface area (TPSA) is 15.7 Å². The summed E-state index contributed by atoms with van der Waals surface area (Å²) >= 11 is 0. The van der Waals surface area contributed by atoms with E-state index < -0.39 is 0 Å². The second kappa shape index (κ2) is 7.49. The van der Waals surface area contributed by atoms with Crippen LogP contribution in [0.4, 0.5) is 5.69 Å². The number of hydrogen-bond donors (Lipinski definition) is 0. The van der Waals surface area contributed by atoms with Gasteiger partial charge in [-0.25, -0.2) is 0 Å². The molecule has 1 saturated heterocycles. The fraction of sp³-hybridized carbons (Fsp3) is 0.571. The zero-order chi connectivity index (χ0) is 12.1. The molecule has 0 amide bonds. The van der Waals surface area contributed by atoms with Crippen LogP contribution >= 0.6 is 12.4 Å². The Balaban J connectivity index is 0.00000162. The van der Waals surface area contributed by atoms with Gasteiger partial charge in [0.25, 0.3) is 0 Å². The number of rotatable bonds is 4. The molecule has 4 heteroatoms. The molecule has 0 N–H and O–H groups in total. The molecule has 1 aliphatic heterocycles. The molecular formula is C14H23ClN2O. The maximum Gasteiger partial charge on any atom is 0.142 e. The van der Waals surface area contributed by atoms with Gasteiger partial charge in [-0.15, -0.1) is 12.4 Å². The molecule has 0 atom stereocenters. The third kappa shape index (κ3) is 3.53. The van der Waals surface area contributed by atoms with Crippen LogP contribution in [0.2, 0.25) is 0 Å². The van der Waals surface area contributed by atoms with Gasteiger partial charge in [0.15, 0.2) is 0 Å². The van der Waals surface area contributed by atoms with Gasteiger partial charge in [0.2, 0.25) is 0 Å². The van der Waals surface area contributed by atoms with Gasteiger partial charge in [0, 0.05) is 26.2 Å². The van der Waals surface area contributed by atoms with Gasteiger partial charge in [-0.1, -0.05) is 19.1 Å². The maximum atomic E-state index is 5.42. The van der Waals surface area contributed by atoms with Crippen molar-refractivity contribution in [3.63, 3.8) is 0 Å². The van der Waals surface area contributed by atoms with Crippen LogP contribution in [0.1, 0.15) is 13.3 Å². The van der Waals surface area contributed by atoms with E-state index in [1.807, 2.05) is 12.1 Å². The number of benzene rings is 1. The first-order chi connectivity index (χ1) is 8.35. The number of nitrogens with zero attached hydrogens (tertiary/aromatic N) is 2. The highest BCUT2D eigenvalue weighted by molar-refractivity contribution is 5.85. The summed E-state index contributed by atoms with van der Waals surface area (Å²) in [7, 11) is 1.74. The molecule has 0 unspecified atom stereocenters. The first-order valence-electron chi connectivity index (χ1n) is 6.45. The predicted molar refractivity (Wildman–Crippen MR) is 79.2 cm³/mol. The number of ether oxygens (including phenoxy) is 1. The molecule has 0 radical (unpaired) electrons. The Hall–Kier alpha value is -0.930. The molecule has 0 bridgehead atoms. The summed E-state index contributed by atoms with van der Waals surface area (Å²) in [5.74, 6) is 0.983. The number of piperazine rings is 1. The third-order valence-corrected chi connectivity index (χ3v) is 3.34. The molecule has 18 heavy (non-hydrogen) atoms. The SMILES string of the molecule is CCCN1CCN(c2ccccc2OC)CC1.Cl. The van der Waals surface area contributed by atoms with Crippen molar-refractivity contribution in [2.75, 3.05) is 44.7 Å². The van der Waals surface area contributed by atoms with Gasteiger partial charge in [0.1, 0.15) is 5.75 Å². The van der Waals surface area contributed by atoms with Crippen LogP contribution in [0.5, 0.6) is 5.75 Å². The highest BCUT2D eigenvalue weighted by Crippen LogP contribution is 2.28. The first kappa shape index (κ1) is 15.1. The Morgan fingerprint density at radius 2 is 1.78 bits per heavy atom. The number of anilines is 1. The van der Waals surface area contributed by atoms with Gasteiger partial charge in [-0.3, -0.25) is 4.90 Å². The quantitative estimate of drug-likeness (QED) is 0.837. The molecule has 0 aromatic heterocycles. The lowest BCUT2D eigenvalue weighted by atomic mass is 10.2. The predicted octanol–water partition coefficient (Wildman–Crippen LogP) is 2.65. The summed E-state index contributed by atoms with van der Waals surface area (Å²) in [6, 6.07) is 8.29. The molecule has 1 aromatic rings. The lowest BCUT2D eigenvalue weighted by Crippen LogP contribution is -2.46. The van der Waals surface area contributed by atoms with Crippen molar-refractivity contribution in [3.8, 4) is 5.75 Å². The van der Waals surface area contributed by atoms with Crippen LogP contribution in [0.25, 0.3) is 0 Å². The summed E-state index contributed by atoms with van der Waals surface area (Å²) < 4.78 is 5.42. The lowest BCUT2D eigenvalue weighted by Gasteiger charge is -2.36. The van der Waals surface area contributed by atoms with E-state index in [4.69, 9.17) is 4.74 Å². The van der Waals surface area contributed by atoms with Crippen molar-refractivity contribution in [2.24, 2.45) is 0 Å². The van der Waals surface area contributed by atoms with Crippen LogP contribution in [0.15, 0.2) is 24.3 Å². The Morgan fingerprint density at radius 1 is 1.11 bits per heavy atom. The summed E-state index contributed by atoms with van der Waals surface area (Å²) in [4.78, 5) is 4.96. The highest BCUT2D eigenvalue weighted by Gasteiger charge is 2.18. The smallest absolute Gasteiger partial charge is 0.142 e. The Morgan fingerprint density at radius 3 is 2.39 bits per heavy atom. The van der Waals surface area contributed by atoms with Crippen LogP contribution in [-0.2, 0) is 0 Å². The van der Waals surface area contributed by atoms with Gasteiger partial charge >= 0.3 is 0 Å². The van der Waals surface area contributed by atoms with Crippen molar-refractivity contribution >= 4 is 18.1 Å². The van der Waals surface area contributed by atoms with Gasteiger partial charge < -0.3 is 9.64 Å². The lowest BCUT2D eigenvalue weighted by molar-refractivity contribution is 0.257. The van der Waals surface area contributed by atoms with Gasteiger partial charge in [-0.2, -0.15) is 0 Å². The zero-order valence-electron chi connectivity index (χ0n) is 11.3. The van der Waals surface area contributed by atoms with E-state index >= 15 is 0 Å². The van der Waals surface area contributed by atoms with Crippen molar-refractivity contribution < 1.29 is 4.74 Å². The molecule has 1 fully saturated rings. The van der Waals surface area contributed by atoms with Crippen molar-refractivity contribution in [3.05, 3.63) is 24.3 Å². The molecule has 0 spiro atoms. The third-order valence-electron chi connectivity index (χ3n) is 3.34. The minimum atomic E-state index is 0. The second-order valence-electron chi connectivity index (χ2n) is 4.50. The molecule has 0 aliphatic carbocycles. The first-order valence-corrected chi connectivity index (χ1v) is 6.45. The van der Waals surface area contributed by atoms with Gasteiger partial charge in [0.05, 0.1) is 12.8 Å². The molecule has 1 aromatic carbocycles. The average Bonchev–Trinajstić information content (AvgIpc) is 2.40. The maximum absolute atomic E-state index is 5.42. The number of halogens is 1. The fourth-order valence-electron chi connectivity index (χ4n) is 2.42. The summed E-state index contributed by atoms with van der Waals surface area (Å²) in [5.41, 5.74) is 1.23. The van der Waals surface area contributed by atoms with Crippen molar-refractivity contribution in [1.29, 1.82) is 0 Å². The normalized spacial score (nSPS) is 16.2. The standard InChI is InChI=1S/C14H22N2O.ClH/c1-3-8-15-9-11-16(12-10-15)13-6-4-5-7-14(13)17-2;/h4-7H,3,8-12H2,1-2H3;1H. The number of methoxy groups -OCH3 is 1. The fourth-order valence-corrected chi connectivity index (χ4v) is 2.42. The van der Waals surface area contributed by atoms with Crippen LogP contribution in [0.3, 0.4) is 0 Å². The molecule has 1 heterocycles. The van der Waals surface area contributed by atoms with E-state index in [1.54, 1.807) is 7.11 Å². The van der Waals surface area contributed by atoms with E-state index in [0.29, 0.717) is 0 Å². The van der Waals surface area contributed by atoms with E-state index in [1.165, 1.54) is 18.7 Å². The molecule has 3 nitrogen and oxygen atoms in total. The Bertz CT molecular complexity index is 351. The van der Waals surface area contributed by atoms with Crippen molar-refractivity contribution in [1.82, 2.24) is 4.90 Å². The van der Waals surface area contributed by atoms with Crippen molar-refractivity contribution in [2.45, 2.75) is 13.3 Å². The second-order valence-corrected chi connectivity index (χ2v) is 4.50. The summed E-state index contributed by atoms with van der Waals surface area (Å²) in [6.07, 6.45) is 1.24. The Kier molecular flexibility index (Phi) is 6.30. The summed E-state index contributed by atoms with van der Waals surface area (Å²) in [5, 5.41) is 0. The van der Waals surface area contributed by atoms with Crippen LogP contribution < -0.4 is 9.64 Å². The van der Waals surface area contributed by atoms with E-state index in [9.17, 15) is 0 Å². The molecule has 0 saturated carbocycles. The molecule has 102 valence electrons. The average molecular weight is 271 g/mol. The minimum Gasteiger partial charge on any atom is -0.495 e. The molecule has 2 rings (SSSR count). The van der Waals surface area contributed by atoms with Crippen LogP contribution in [-0.4, -0.2) is 44.7 Å². The molecular weight excluding hydrogens is 248 g/mol. The van der Waals surface area contributed by atoms with Gasteiger partial charge in [-0.05, 0) is 25.1 Å². The highest BCUT2D eigenvalue weighted by atomic mass is 35.5.